The highest BCUT2D eigenvalue weighted by atomic mass is 19.4. The zero-order valence-corrected chi connectivity index (χ0v) is 12.4. The summed E-state index contributed by atoms with van der Waals surface area (Å²) in [7, 11) is 0. The van der Waals surface area contributed by atoms with Crippen molar-refractivity contribution in [1.82, 2.24) is 15.5 Å². The maximum absolute atomic E-state index is 12.8. The second-order valence-corrected chi connectivity index (χ2v) is 5.76. The number of nitrogens with zero attached hydrogens (tertiary/aromatic N) is 2. The van der Waals surface area contributed by atoms with Crippen LogP contribution in [0, 0.1) is 5.92 Å². The van der Waals surface area contributed by atoms with Gasteiger partial charge in [-0.2, -0.15) is 13.2 Å². The van der Waals surface area contributed by atoms with E-state index in [2.05, 4.69) is 22.4 Å². The molecule has 0 saturated heterocycles. The average molecular weight is 305 g/mol. The van der Waals surface area contributed by atoms with E-state index in [0.29, 0.717) is 24.6 Å². The zero-order valence-electron chi connectivity index (χ0n) is 12.4. The summed E-state index contributed by atoms with van der Waals surface area (Å²) in [6, 6.07) is -0.0757. The molecule has 7 heteroatoms. The highest BCUT2D eigenvalue weighted by molar-refractivity contribution is 4.97. The monoisotopic (exact) mass is 305 g/mol. The van der Waals surface area contributed by atoms with Crippen LogP contribution in [0.2, 0.25) is 0 Å². The summed E-state index contributed by atoms with van der Waals surface area (Å²) in [5.41, 5.74) is 0. The van der Waals surface area contributed by atoms with Crippen molar-refractivity contribution in [3.05, 3.63) is 11.8 Å². The third kappa shape index (κ3) is 4.18. The van der Waals surface area contributed by atoms with Gasteiger partial charge < -0.3 is 9.73 Å². The molecule has 1 heterocycles. The summed E-state index contributed by atoms with van der Waals surface area (Å²) < 4.78 is 44.1. The number of nitrogens with one attached hydrogen (secondary N) is 1. The van der Waals surface area contributed by atoms with E-state index in [1.807, 2.05) is 6.92 Å². The second kappa shape index (κ2) is 6.77. The largest absolute Gasteiger partial charge is 0.423 e. The van der Waals surface area contributed by atoms with E-state index in [1.165, 1.54) is 0 Å². The van der Waals surface area contributed by atoms with E-state index in [-0.39, 0.29) is 24.8 Å². The predicted octanol–water partition coefficient (Wildman–Crippen LogP) is 3.97. The predicted molar refractivity (Wildman–Crippen MR) is 71.8 cm³/mol. The fraction of sp³-hybridized carbons (Fsp3) is 0.857. The second-order valence-electron chi connectivity index (χ2n) is 5.76. The number of hydrogen-bond acceptors (Lipinski definition) is 4. The van der Waals surface area contributed by atoms with Gasteiger partial charge in [0, 0.05) is 5.92 Å². The van der Waals surface area contributed by atoms with Crippen LogP contribution in [0.3, 0.4) is 0 Å². The van der Waals surface area contributed by atoms with E-state index in [0.717, 1.165) is 13.0 Å². The van der Waals surface area contributed by atoms with Crippen molar-refractivity contribution < 1.29 is 17.6 Å². The molecule has 120 valence electrons. The van der Waals surface area contributed by atoms with Gasteiger partial charge in [0.2, 0.25) is 11.8 Å². The van der Waals surface area contributed by atoms with Crippen molar-refractivity contribution >= 4 is 0 Å². The lowest BCUT2D eigenvalue weighted by atomic mass is 9.81. The van der Waals surface area contributed by atoms with Crippen molar-refractivity contribution in [3.8, 4) is 0 Å². The molecule has 21 heavy (non-hydrogen) atoms. The Balaban J connectivity index is 2.00. The molecule has 1 aromatic heterocycles. The molecule has 0 aromatic carbocycles. The van der Waals surface area contributed by atoms with Crippen LogP contribution >= 0.6 is 0 Å². The first-order chi connectivity index (χ1) is 9.91. The summed E-state index contributed by atoms with van der Waals surface area (Å²) in [6.07, 6.45) is -1.64. The van der Waals surface area contributed by atoms with E-state index < -0.39 is 12.1 Å². The third-order valence-electron chi connectivity index (χ3n) is 4.01. The lowest BCUT2D eigenvalue weighted by molar-refractivity contribution is -0.183. The summed E-state index contributed by atoms with van der Waals surface area (Å²) in [6.45, 7) is 4.79. The molecule has 0 aliphatic heterocycles. The molecular formula is C14H22F3N3O. The number of alkyl halides is 3. The lowest BCUT2D eigenvalue weighted by Gasteiger charge is -2.28. The Morgan fingerprint density at radius 2 is 2.10 bits per heavy atom. The van der Waals surface area contributed by atoms with Crippen molar-refractivity contribution in [3.63, 3.8) is 0 Å². The van der Waals surface area contributed by atoms with Gasteiger partial charge in [0.05, 0.1) is 12.0 Å². The number of halogens is 3. The first kappa shape index (κ1) is 16.3. The average Bonchev–Trinajstić information content (AvgIpc) is 2.94. The smallest absolute Gasteiger partial charge is 0.391 e. The molecule has 0 radical (unpaired) electrons. The summed E-state index contributed by atoms with van der Waals surface area (Å²) >= 11 is 0. The molecule has 1 fully saturated rings. The first-order valence-corrected chi connectivity index (χ1v) is 7.55. The molecular weight excluding hydrogens is 283 g/mol. The number of aromatic nitrogens is 2. The Morgan fingerprint density at radius 1 is 1.33 bits per heavy atom. The van der Waals surface area contributed by atoms with Gasteiger partial charge in [0.1, 0.15) is 0 Å². The zero-order chi connectivity index (χ0) is 15.5. The SMILES string of the molecule is CCCNC(C)c1nnc(C2CCCC(C(F)(F)F)C2)o1. The van der Waals surface area contributed by atoms with Crippen molar-refractivity contribution in [2.24, 2.45) is 5.92 Å². The minimum Gasteiger partial charge on any atom is -0.423 e. The normalized spacial score (nSPS) is 25.0. The number of rotatable bonds is 5. The molecule has 1 N–H and O–H groups in total. The molecule has 1 aliphatic carbocycles. The van der Waals surface area contributed by atoms with Crippen LogP contribution in [0.25, 0.3) is 0 Å². The highest BCUT2D eigenvalue weighted by Crippen LogP contribution is 2.43. The van der Waals surface area contributed by atoms with Crippen LogP contribution in [-0.2, 0) is 0 Å². The molecule has 1 aromatic rings. The van der Waals surface area contributed by atoms with E-state index in [9.17, 15) is 13.2 Å². The van der Waals surface area contributed by atoms with Gasteiger partial charge in [-0.3, -0.25) is 0 Å². The van der Waals surface area contributed by atoms with Crippen molar-refractivity contribution in [2.45, 2.75) is 64.1 Å². The van der Waals surface area contributed by atoms with Gasteiger partial charge in [-0.1, -0.05) is 13.3 Å². The van der Waals surface area contributed by atoms with Crippen molar-refractivity contribution in [1.29, 1.82) is 0 Å². The summed E-state index contributed by atoms with van der Waals surface area (Å²) in [5, 5.41) is 11.2. The number of hydrogen-bond donors (Lipinski definition) is 1. The van der Waals surface area contributed by atoms with Crippen LogP contribution in [0.5, 0.6) is 0 Å². The molecule has 4 nitrogen and oxygen atoms in total. The van der Waals surface area contributed by atoms with Gasteiger partial charge >= 0.3 is 6.18 Å². The van der Waals surface area contributed by atoms with Gasteiger partial charge in [0.25, 0.3) is 0 Å². The Bertz CT molecular complexity index is 447. The Labute approximate surface area is 122 Å². The molecule has 0 bridgehead atoms. The Hall–Kier alpha value is -1.11. The first-order valence-electron chi connectivity index (χ1n) is 7.55. The lowest BCUT2D eigenvalue weighted by Crippen LogP contribution is -2.28. The molecule has 0 spiro atoms. The van der Waals surface area contributed by atoms with E-state index in [4.69, 9.17) is 4.42 Å². The minimum absolute atomic E-state index is 0.0574. The van der Waals surface area contributed by atoms with Crippen LogP contribution in [0.15, 0.2) is 4.42 Å². The van der Waals surface area contributed by atoms with Crippen LogP contribution in [0.1, 0.15) is 69.7 Å². The van der Waals surface area contributed by atoms with Crippen LogP contribution in [0.4, 0.5) is 13.2 Å². The molecule has 0 amide bonds. The standard InChI is InChI=1S/C14H22F3N3O/c1-3-7-18-9(2)12-19-20-13(21-12)10-5-4-6-11(8-10)14(15,16)17/h9-11,18H,3-8H2,1-2H3. The quantitative estimate of drug-likeness (QED) is 0.894. The van der Waals surface area contributed by atoms with Gasteiger partial charge in [0.15, 0.2) is 0 Å². The van der Waals surface area contributed by atoms with Crippen molar-refractivity contribution in [2.75, 3.05) is 6.54 Å². The summed E-state index contributed by atoms with van der Waals surface area (Å²) in [5.74, 6) is -0.719. The molecule has 3 atom stereocenters. The molecule has 2 rings (SSSR count). The van der Waals surface area contributed by atoms with Gasteiger partial charge in [-0.15, -0.1) is 10.2 Å². The van der Waals surface area contributed by atoms with Gasteiger partial charge in [-0.25, -0.2) is 0 Å². The maximum Gasteiger partial charge on any atom is 0.391 e. The Morgan fingerprint density at radius 3 is 2.76 bits per heavy atom. The fourth-order valence-electron chi connectivity index (χ4n) is 2.75. The van der Waals surface area contributed by atoms with Crippen LogP contribution < -0.4 is 5.32 Å². The maximum atomic E-state index is 12.8. The molecule has 1 saturated carbocycles. The molecule has 3 unspecified atom stereocenters. The van der Waals surface area contributed by atoms with Crippen LogP contribution in [-0.4, -0.2) is 22.9 Å². The third-order valence-corrected chi connectivity index (χ3v) is 4.01. The molecule has 1 aliphatic rings. The van der Waals surface area contributed by atoms with E-state index >= 15 is 0 Å². The van der Waals surface area contributed by atoms with E-state index in [1.54, 1.807) is 0 Å². The van der Waals surface area contributed by atoms with Gasteiger partial charge in [-0.05, 0) is 39.2 Å². The minimum atomic E-state index is -4.13. The fourth-order valence-corrected chi connectivity index (χ4v) is 2.75. The Kier molecular flexibility index (Phi) is 5.24. The highest BCUT2D eigenvalue weighted by Gasteiger charge is 2.43. The summed E-state index contributed by atoms with van der Waals surface area (Å²) in [4.78, 5) is 0. The topological polar surface area (TPSA) is 51.0 Å².